The average molecular weight is 194 g/mol. The van der Waals surface area contributed by atoms with E-state index in [1.54, 1.807) is 6.92 Å². The maximum Gasteiger partial charge on any atom is 0.184 e. The molecule has 1 unspecified atom stereocenters. The molecule has 5 atom stereocenters. The molecule has 0 radical (unpaired) electrons. The van der Waals surface area contributed by atoms with Gasteiger partial charge in [0.05, 0.1) is 13.2 Å². The van der Waals surface area contributed by atoms with E-state index < -0.39 is 30.7 Å². The summed E-state index contributed by atoms with van der Waals surface area (Å²) in [5.74, 6) is 0. The minimum atomic E-state index is -1.36. The van der Waals surface area contributed by atoms with Crippen molar-refractivity contribution in [1.82, 2.24) is 0 Å². The number of aliphatic hydroxyl groups excluding tert-OH is 3. The van der Waals surface area contributed by atoms with Crippen LogP contribution in [0.1, 0.15) is 6.92 Å². The maximum absolute atomic E-state index is 9.46. The predicted octanol–water partition coefficient (Wildman–Crippen LogP) is -1.61. The van der Waals surface area contributed by atoms with Crippen molar-refractivity contribution in [3.05, 3.63) is 0 Å². The Hall–Kier alpha value is -0.240. The van der Waals surface area contributed by atoms with Gasteiger partial charge in [0.2, 0.25) is 0 Å². The smallest absolute Gasteiger partial charge is 0.184 e. The first-order valence-corrected chi connectivity index (χ1v) is 3.97. The summed E-state index contributed by atoms with van der Waals surface area (Å²) in [6, 6.07) is 0. The Labute approximate surface area is 75.6 Å². The molecule has 1 saturated heterocycles. The van der Waals surface area contributed by atoms with Crippen LogP contribution in [0, 0.1) is 0 Å². The minimum absolute atomic E-state index is 0.612. The van der Waals surface area contributed by atoms with Gasteiger partial charge in [0.25, 0.3) is 0 Å². The summed E-state index contributed by atoms with van der Waals surface area (Å²) in [6.45, 7) is 1.56. The molecule has 1 aliphatic rings. The number of aliphatic hydroxyl groups is 3. The van der Waals surface area contributed by atoms with E-state index in [4.69, 9.17) is 9.84 Å². The highest BCUT2D eigenvalue weighted by Gasteiger charge is 2.43. The summed E-state index contributed by atoms with van der Waals surface area (Å²) >= 11 is 0. The van der Waals surface area contributed by atoms with E-state index in [-0.39, 0.29) is 0 Å². The minimum Gasteiger partial charge on any atom is -0.387 e. The number of rotatable bonds is 2. The van der Waals surface area contributed by atoms with Crippen LogP contribution in [0.3, 0.4) is 0 Å². The largest absolute Gasteiger partial charge is 0.387 e. The molecule has 6 nitrogen and oxygen atoms in total. The van der Waals surface area contributed by atoms with Crippen molar-refractivity contribution in [3.63, 3.8) is 0 Å². The van der Waals surface area contributed by atoms with Crippen molar-refractivity contribution in [2.45, 2.75) is 37.6 Å². The highest BCUT2D eigenvalue weighted by atomic mass is 17.2. The van der Waals surface area contributed by atoms with Gasteiger partial charge in [-0.3, -0.25) is 0 Å². The molecule has 0 spiro atoms. The fourth-order valence-electron chi connectivity index (χ4n) is 1.24. The summed E-state index contributed by atoms with van der Waals surface area (Å²) < 4.78 is 4.81. The molecule has 0 saturated carbocycles. The molecule has 0 bridgehead atoms. The lowest BCUT2D eigenvalue weighted by Gasteiger charge is -2.37. The molecule has 1 aliphatic heterocycles. The van der Waals surface area contributed by atoms with Crippen LogP contribution >= 0.6 is 0 Å². The van der Waals surface area contributed by atoms with Gasteiger partial charge in [-0.15, -0.1) is 0 Å². The average Bonchev–Trinajstić information content (AvgIpc) is 2.09. The lowest BCUT2D eigenvalue weighted by molar-refractivity contribution is -0.380. The zero-order valence-electron chi connectivity index (χ0n) is 7.45. The van der Waals surface area contributed by atoms with E-state index in [0.29, 0.717) is 0 Å². The molecule has 0 aromatic rings. The van der Waals surface area contributed by atoms with Gasteiger partial charge < -0.3 is 20.1 Å². The van der Waals surface area contributed by atoms with Crippen LogP contribution in [-0.4, -0.2) is 53.1 Å². The van der Waals surface area contributed by atoms with Crippen LogP contribution in [-0.2, 0) is 14.5 Å². The van der Waals surface area contributed by atoms with E-state index >= 15 is 0 Å². The van der Waals surface area contributed by atoms with Crippen LogP contribution in [0.15, 0.2) is 0 Å². The third kappa shape index (κ3) is 2.16. The van der Waals surface area contributed by atoms with Gasteiger partial charge in [0, 0.05) is 0 Å². The van der Waals surface area contributed by atoms with Gasteiger partial charge in [-0.2, -0.15) is 0 Å². The van der Waals surface area contributed by atoms with Crippen LogP contribution in [0.5, 0.6) is 0 Å². The summed E-state index contributed by atoms with van der Waals surface area (Å²) in [5, 5.41) is 27.9. The molecular weight excluding hydrogens is 180 g/mol. The molecule has 78 valence electrons. The van der Waals surface area contributed by atoms with E-state index in [0.717, 1.165) is 0 Å². The summed E-state index contributed by atoms with van der Waals surface area (Å²) in [6.07, 6.45) is -5.31. The normalized spacial score (nSPS) is 46.4. The number of ether oxygens (including phenoxy) is 1. The fourth-order valence-corrected chi connectivity index (χ4v) is 1.24. The second-order valence-electron chi connectivity index (χ2n) is 2.94. The zero-order valence-corrected chi connectivity index (χ0v) is 7.45. The second-order valence-corrected chi connectivity index (χ2v) is 2.94. The molecule has 0 amide bonds. The zero-order chi connectivity index (χ0) is 10.0. The Morgan fingerprint density at radius 2 is 1.77 bits per heavy atom. The quantitative estimate of drug-likeness (QED) is 0.362. The van der Waals surface area contributed by atoms with Crippen molar-refractivity contribution in [2.24, 2.45) is 0 Å². The molecule has 0 aliphatic carbocycles. The number of hydrogen-bond acceptors (Lipinski definition) is 6. The van der Waals surface area contributed by atoms with E-state index in [1.165, 1.54) is 7.11 Å². The predicted molar refractivity (Wildman–Crippen MR) is 40.4 cm³/mol. The molecule has 0 aromatic heterocycles. The summed E-state index contributed by atoms with van der Waals surface area (Å²) in [4.78, 5) is 8.94. The van der Waals surface area contributed by atoms with Crippen LogP contribution in [0.2, 0.25) is 0 Å². The van der Waals surface area contributed by atoms with Crippen molar-refractivity contribution in [1.29, 1.82) is 0 Å². The van der Waals surface area contributed by atoms with Crippen molar-refractivity contribution >= 4 is 0 Å². The van der Waals surface area contributed by atoms with Gasteiger partial charge in [0.15, 0.2) is 12.4 Å². The van der Waals surface area contributed by atoms with Crippen molar-refractivity contribution in [3.8, 4) is 0 Å². The monoisotopic (exact) mass is 194 g/mol. The standard InChI is InChI=1S/C7H14O6/c1-3-4(8)6(13-11-2)5(9)7(10)12-3/h3-10H,1-2H3/t3-,4-,5+,6+,7?/m1/s1. The molecule has 3 N–H and O–H groups in total. The second kappa shape index (κ2) is 4.32. The third-order valence-electron chi connectivity index (χ3n) is 2.01. The third-order valence-corrected chi connectivity index (χ3v) is 2.01. The van der Waals surface area contributed by atoms with Gasteiger partial charge in [-0.1, -0.05) is 0 Å². The lowest BCUT2D eigenvalue weighted by Crippen LogP contribution is -2.57. The van der Waals surface area contributed by atoms with Gasteiger partial charge in [-0.25, -0.2) is 9.78 Å². The summed E-state index contributed by atoms with van der Waals surface area (Å²) in [5.41, 5.74) is 0. The Morgan fingerprint density at radius 1 is 1.15 bits per heavy atom. The molecular formula is C7H14O6. The van der Waals surface area contributed by atoms with Gasteiger partial charge >= 0.3 is 0 Å². The number of hydrogen-bond donors (Lipinski definition) is 3. The molecule has 1 rings (SSSR count). The first-order chi connectivity index (χ1) is 6.07. The van der Waals surface area contributed by atoms with E-state index in [9.17, 15) is 10.2 Å². The Bertz CT molecular complexity index is 149. The fraction of sp³-hybridized carbons (Fsp3) is 1.00. The molecule has 6 heteroatoms. The van der Waals surface area contributed by atoms with E-state index in [1.807, 2.05) is 0 Å². The Kier molecular flexibility index (Phi) is 3.60. The summed E-state index contributed by atoms with van der Waals surface area (Å²) in [7, 11) is 1.26. The van der Waals surface area contributed by atoms with Crippen LogP contribution in [0.25, 0.3) is 0 Å². The molecule has 1 heterocycles. The molecule has 13 heavy (non-hydrogen) atoms. The van der Waals surface area contributed by atoms with Gasteiger partial charge in [0.1, 0.15) is 12.2 Å². The van der Waals surface area contributed by atoms with Crippen molar-refractivity contribution in [2.75, 3.05) is 7.11 Å². The Morgan fingerprint density at radius 3 is 2.31 bits per heavy atom. The SMILES string of the molecule is COO[C@H]1[C@H](O)[C@@H](C)OC(O)[C@H]1O. The molecule has 1 fully saturated rings. The van der Waals surface area contributed by atoms with E-state index in [2.05, 4.69) is 9.78 Å². The highest BCUT2D eigenvalue weighted by molar-refractivity contribution is 4.87. The molecule has 0 aromatic carbocycles. The first kappa shape index (κ1) is 10.8. The lowest BCUT2D eigenvalue weighted by atomic mass is 10.0. The Balaban J connectivity index is 2.64. The van der Waals surface area contributed by atoms with Crippen LogP contribution < -0.4 is 0 Å². The first-order valence-electron chi connectivity index (χ1n) is 3.97. The highest BCUT2D eigenvalue weighted by Crippen LogP contribution is 2.21. The topological polar surface area (TPSA) is 88.4 Å². The van der Waals surface area contributed by atoms with Gasteiger partial charge in [-0.05, 0) is 6.92 Å². The van der Waals surface area contributed by atoms with Crippen LogP contribution in [0.4, 0.5) is 0 Å². The van der Waals surface area contributed by atoms with Crippen molar-refractivity contribution < 1.29 is 29.8 Å². The maximum atomic E-state index is 9.46.